The predicted molar refractivity (Wildman–Crippen MR) is 70.6 cm³/mol. The van der Waals surface area contributed by atoms with Gasteiger partial charge >= 0.3 is 0 Å². The number of hydrogen-bond acceptors (Lipinski definition) is 5. The fourth-order valence-corrected chi connectivity index (χ4v) is 2.02. The molecule has 0 spiro atoms. The van der Waals surface area contributed by atoms with E-state index in [2.05, 4.69) is 10.3 Å². The molecule has 0 bridgehead atoms. The van der Waals surface area contributed by atoms with Crippen molar-refractivity contribution in [1.29, 1.82) is 0 Å². The summed E-state index contributed by atoms with van der Waals surface area (Å²) in [6.45, 7) is 2.49. The Morgan fingerprint density at radius 1 is 1.42 bits per heavy atom. The lowest BCUT2D eigenvalue weighted by molar-refractivity contribution is -0.385. The van der Waals surface area contributed by atoms with Crippen LogP contribution in [0.2, 0.25) is 0 Å². The Bertz CT molecular complexity index is 594. The van der Waals surface area contributed by atoms with Crippen molar-refractivity contribution >= 4 is 11.5 Å². The normalized spacial score (nSPS) is 10.6. The molecule has 1 heterocycles. The molecule has 0 aliphatic carbocycles. The summed E-state index contributed by atoms with van der Waals surface area (Å²) in [5, 5.41) is 18.7. The molecule has 2 N–H and O–H groups in total. The van der Waals surface area contributed by atoms with Gasteiger partial charge in [-0.05, 0) is 12.8 Å². The maximum Gasteiger partial charge on any atom is 0.272 e. The first-order valence-corrected chi connectivity index (χ1v) is 6.03. The second-order valence-electron chi connectivity index (χ2n) is 4.13. The lowest BCUT2D eigenvalue weighted by Crippen LogP contribution is -2.08. The number of aromatic nitrogens is 3. The number of nitro benzene ring substituents is 1. The van der Waals surface area contributed by atoms with E-state index >= 15 is 0 Å². The molecule has 7 heteroatoms. The summed E-state index contributed by atoms with van der Waals surface area (Å²) in [6.07, 6.45) is 1.25. The van der Waals surface area contributed by atoms with Gasteiger partial charge in [-0.15, -0.1) is 5.10 Å². The summed E-state index contributed by atoms with van der Waals surface area (Å²) in [7, 11) is 0. The topological polar surface area (TPSA) is 99.9 Å². The van der Waals surface area contributed by atoms with Gasteiger partial charge in [-0.2, -0.15) is 0 Å². The molecule has 1 aromatic carbocycles. The Labute approximate surface area is 110 Å². The summed E-state index contributed by atoms with van der Waals surface area (Å²) in [5.41, 5.74) is 7.37. The molecule has 19 heavy (non-hydrogen) atoms. The molecule has 0 unspecified atom stereocenters. The molecular formula is C12H15N5O2. The second-order valence-corrected chi connectivity index (χ2v) is 4.13. The number of anilines is 1. The highest BCUT2D eigenvalue weighted by atomic mass is 16.6. The van der Waals surface area contributed by atoms with Crippen LogP contribution < -0.4 is 5.73 Å². The summed E-state index contributed by atoms with van der Waals surface area (Å²) >= 11 is 0. The second kappa shape index (κ2) is 5.47. The summed E-state index contributed by atoms with van der Waals surface area (Å²) < 4.78 is 1.70. The molecular weight excluding hydrogens is 246 g/mol. The zero-order chi connectivity index (χ0) is 13.8. The highest BCUT2D eigenvalue weighted by Crippen LogP contribution is 2.19. The fourth-order valence-electron chi connectivity index (χ4n) is 2.02. The molecule has 0 aliphatic rings. The first-order chi connectivity index (χ1) is 9.13. The van der Waals surface area contributed by atoms with Crippen LogP contribution >= 0.6 is 0 Å². The molecule has 0 radical (unpaired) electrons. The van der Waals surface area contributed by atoms with Crippen molar-refractivity contribution in [2.45, 2.75) is 26.3 Å². The van der Waals surface area contributed by atoms with E-state index in [0.717, 1.165) is 12.1 Å². The minimum Gasteiger partial charge on any atom is -0.381 e. The van der Waals surface area contributed by atoms with E-state index in [9.17, 15) is 10.1 Å². The molecule has 0 aliphatic heterocycles. The number of nitrogens with zero attached hydrogens (tertiary/aromatic N) is 4. The van der Waals surface area contributed by atoms with Crippen LogP contribution in [0.15, 0.2) is 24.3 Å². The van der Waals surface area contributed by atoms with Crippen LogP contribution in [0.1, 0.15) is 18.2 Å². The zero-order valence-corrected chi connectivity index (χ0v) is 10.6. The van der Waals surface area contributed by atoms with E-state index in [1.807, 2.05) is 6.92 Å². The first kappa shape index (κ1) is 13.0. The van der Waals surface area contributed by atoms with Gasteiger partial charge in [0.2, 0.25) is 0 Å². The third kappa shape index (κ3) is 2.70. The standard InChI is InChI=1S/C12H15N5O2/c1-2-10-12(13)14-15-16(10)8-7-9-5-3-4-6-11(9)17(18)19/h3-6H,2,7-8,13H2,1H3. The van der Waals surface area contributed by atoms with E-state index in [1.54, 1.807) is 22.9 Å². The van der Waals surface area contributed by atoms with Crippen LogP contribution in [-0.2, 0) is 19.4 Å². The van der Waals surface area contributed by atoms with Crippen LogP contribution in [0, 0.1) is 10.1 Å². The zero-order valence-electron chi connectivity index (χ0n) is 10.6. The van der Waals surface area contributed by atoms with Crippen LogP contribution in [0.5, 0.6) is 0 Å². The van der Waals surface area contributed by atoms with E-state index in [0.29, 0.717) is 24.3 Å². The van der Waals surface area contributed by atoms with Gasteiger partial charge in [0.25, 0.3) is 5.69 Å². The number of nitrogens with two attached hydrogens (primary N) is 1. The van der Waals surface area contributed by atoms with Crippen molar-refractivity contribution in [1.82, 2.24) is 15.0 Å². The molecule has 2 rings (SSSR count). The van der Waals surface area contributed by atoms with Crippen LogP contribution in [0.4, 0.5) is 11.5 Å². The Hall–Kier alpha value is -2.44. The van der Waals surface area contributed by atoms with Crippen molar-refractivity contribution in [3.8, 4) is 0 Å². The average molecular weight is 261 g/mol. The van der Waals surface area contributed by atoms with Crippen molar-refractivity contribution in [2.75, 3.05) is 5.73 Å². The molecule has 1 aromatic heterocycles. The number of aryl methyl sites for hydroxylation is 2. The number of para-hydroxylation sites is 1. The molecule has 7 nitrogen and oxygen atoms in total. The molecule has 0 amide bonds. The van der Waals surface area contributed by atoms with E-state index in [-0.39, 0.29) is 10.6 Å². The summed E-state index contributed by atoms with van der Waals surface area (Å²) in [4.78, 5) is 10.5. The van der Waals surface area contributed by atoms with Crippen molar-refractivity contribution < 1.29 is 4.92 Å². The van der Waals surface area contributed by atoms with Gasteiger partial charge in [-0.1, -0.05) is 30.3 Å². The Balaban J connectivity index is 2.17. The van der Waals surface area contributed by atoms with Gasteiger partial charge in [0, 0.05) is 18.2 Å². The highest BCUT2D eigenvalue weighted by Gasteiger charge is 2.13. The number of nitrogen functional groups attached to an aromatic ring is 1. The SMILES string of the molecule is CCc1c(N)nnn1CCc1ccccc1[N+](=O)[O-]. The van der Waals surface area contributed by atoms with E-state index in [1.165, 1.54) is 6.07 Å². The third-order valence-electron chi connectivity index (χ3n) is 2.98. The summed E-state index contributed by atoms with van der Waals surface area (Å²) in [5.74, 6) is 0.421. The summed E-state index contributed by atoms with van der Waals surface area (Å²) in [6, 6.07) is 6.71. The van der Waals surface area contributed by atoms with Gasteiger partial charge in [-0.25, -0.2) is 4.68 Å². The smallest absolute Gasteiger partial charge is 0.272 e. The van der Waals surface area contributed by atoms with Crippen LogP contribution in [-0.4, -0.2) is 19.9 Å². The van der Waals surface area contributed by atoms with Gasteiger partial charge in [0.1, 0.15) is 0 Å². The minimum absolute atomic E-state index is 0.133. The number of benzene rings is 1. The number of hydrogen-bond donors (Lipinski definition) is 1. The Kier molecular flexibility index (Phi) is 3.74. The van der Waals surface area contributed by atoms with Gasteiger partial charge in [0.05, 0.1) is 10.6 Å². The maximum atomic E-state index is 10.9. The predicted octanol–water partition coefficient (Wildman–Crippen LogP) is 1.57. The maximum absolute atomic E-state index is 10.9. The first-order valence-electron chi connectivity index (χ1n) is 6.03. The van der Waals surface area contributed by atoms with Gasteiger partial charge in [-0.3, -0.25) is 10.1 Å². The van der Waals surface area contributed by atoms with Crippen molar-refractivity contribution in [3.05, 3.63) is 45.6 Å². The lowest BCUT2D eigenvalue weighted by Gasteiger charge is -2.05. The number of rotatable bonds is 5. The van der Waals surface area contributed by atoms with Gasteiger partial charge in [0.15, 0.2) is 5.82 Å². The molecule has 0 saturated carbocycles. The lowest BCUT2D eigenvalue weighted by atomic mass is 10.1. The van der Waals surface area contributed by atoms with E-state index < -0.39 is 0 Å². The molecule has 2 aromatic rings. The molecule has 0 atom stereocenters. The van der Waals surface area contributed by atoms with E-state index in [4.69, 9.17) is 5.73 Å². The molecule has 0 fully saturated rings. The highest BCUT2D eigenvalue weighted by molar-refractivity contribution is 5.40. The quantitative estimate of drug-likeness (QED) is 0.650. The fraction of sp³-hybridized carbons (Fsp3) is 0.333. The number of nitro groups is 1. The van der Waals surface area contributed by atoms with Crippen LogP contribution in [0.25, 0.3) is 0 Å². The van der Waals surface area contributed by atoms with Crippen molar-refractivity contribution in [2.24, 2.45) is 0 Å². The Morgan fingerprint density at radius 3 is 2.84 bits per heavy atom. The molecule has 100 valence electrons. The Morgan fingerprint density at radius 2 is 2.16 bits per heavy atom. The monoisotopic (exact) mass is 261 g/mol. The minimum atomic E-state index is -0.369. The van der Waals surface area contributed by atoms with Gasteiger partial charge < -0.3 is 5.73 Å². The third-order valence-corrected chi connectivity index (χ3v) is 2.98. The molecule has 0 saturated heterocycles. The largest absolute Gasteiger partial charge is 0.381 e. The van der Waals surface area contributed by atoms with Crippen LogP contribution in [0.3, 0.4) is 0 Å². The average Bonchev–Trinajstić information content (AvgIpc) is 2.77. The van der Waals surface area contributed by atoms with Crippen molar-refractivity contribution in [3.63, 3.8) is 0 Å².